The van der Waals surface area contributed by atoms with Gasteiger partial charge in [-0.2, -0.15) is 5.10 Å². The SMILES string of the molecule is COc1ccc([C@@H]2c3cnn(C(C)C)c3NC(=O)[C@@H]2[N+](=O)[O-])cc1. The van der Waals surface area contributed by atoms with Crippen molar-refractivity contribution in [3.05, 3.63) is 51.7 Å². The van der Waals surface area contributed by atoms with E-state index in [2.05, 4.69) is 10.4 Å². The summed E-state index contributed by atoms with van der Waals surface area (Å²) in [4.78, 5) is 23.3. The second-order valence-electron chi connectivity index (χ2n) is 5.96. The van der Waals surface area contributed by atoms with Crippen LogP contribution in [0.4, 0.5) is 5.82 Å². The lowest BCUT2D eigenvalue weighted by Crippen LogP contribution is -2.44. The van der Waals surface area contributed by atoms with Crippen LogP contribution in [-0.2, 0) is 4.79 Å². The van der Waals surface area contributed by atoms with Crippen molar-refractivity contribution in [3.63, 3.8) is 0 Å². The number of nitrogens with zero attached hydrogens (tertiary/aromatic N) is 3. The Balaban J connectivity index is 2.15. The Labute approximate surface area is 138 Å². The topological polar surface area (TPSA) is 99.3 Å². The lowest BCUT2D eigenvalue weighted by atomic mass is 9.83. The molecule has 1 N–H and O–H groups in total. The van der Waals surface area contributed by atoms with Crippen LogP contribution in [0.2, 0.25) is 0 Å². The quantitative estimate of drug-likeness (QED) is 0.684. The number of anilines is 1. The highest BCUT2D eigenvalue weighted by molar-refractivity contribution is 5.97. The van der Waals surface area contributed by atoms with E-state index in [9.17, 15) is 14.9 Å². The van der Waals surface area contributed by atoms with Crippen molar-refractivity contribution in [1.29, 1.82) is 0 Å². The number of hydrogen-bond acceptors (Lipinski definition) is 5. The molecular formula is C16H18N4O4. The molecule has 2 heterocycles. The van der Waals surface area contributed by atoms with Crippen LogP contribution < -0.4 is 10.1 Å². The smallest absolute Gasteiger partial charge is 0.301 e. The fourth-order valence-corrected chi connectivity index (χ4v) is 3.03. The van der Waals surface area contributed by atoms with Gasteiger partial charge in [-0.15, -0.1) is 0 Å². The molecule has 126 valence electrons. The number of nitrogens with one attached hydrogen (secondary N) is 1. The van der Waals surface area contributed by atoms with E-state index in [1.165, 1.54) is 0 Å². The number of carbonyl (C=O) groups is 1. The first kappa shape index (κ1) is 16.0. The van der Waals surface area contributed by atoms with E-state index in [-0.39, 0.29) is 6.04 Å². The molecule has 8 heteroatoms. The van der Waals surface area contributed by atoms with Crippen molar-refractivity contribution in [2.75, 3.05) is 12.4 Å². The van der Waals surface area contributed by atoms with Gasteiger partial charge in [-0.3, -0.25) is 14.9 Å². The van der Waals surface area contributed by atoms with E-state index in [1.807, 2.05) is 13.8 Å². The fourth-order valence-electron chi connectivity index (χ4n) is 3.03. The summed E-state index contributed by atoms with van der Waals surface area (Å²) in [6, 6.07) is 5.58. The zero-order chi connectivity index (χ0) is 17.4. The molecule has 8 nitrogen and oxygen atoms in total. The van der Waals surface area contributed by atoms with Crippen LogP contribution in [0, 0.1) is 10.1 Å². The average molecular weight is 330 g/mol. The van der Waals surface area contributed by atoms with Gasteiger partial charge in [-0.05, 0) is 31.5 Å². The van der Waals surface area contributed by atoms with Gasteiger partial charge in [0, 0.05) is 16.5 Å². The third-order valence-electron chi connectivity index (χ3n) is 4.18. The highest BCUT2D eigenvalue weighted by atomic mass is 16.6. The maximum Gasteiger partial charge on any atom is 0.301 e. The number of methoxy groups -OCH3 is 1. The summed E-state index contributed by atoms with van der Waals surface area (Å²) < 4.78 is 6.79. The number of amides is 1. The monoisotopic (exact) mass is 330 g/mol. The standard InChI is InChI=1S/C16H18N4O4/c1-9(2)19-15-12(8-17-19)13(14(20(22)23)16(21)18-15)10-4-6-11(24-3)7-5-10/h4-9,13-14H,1-3H3,(H,18,21)/t13-,14-/m1/s1. The van der Waals surface area contributed by atoms with Crippen molar-refractivity contribution in [1.82, 2.24) is 9.78 Å². The summed E-state index contributed by atoms with van der Waals surface area (Å²) in [6.45, 7) is 3.86. The number of rotatable bonds is 4. The van der Waals surface area contributed by atoms with E-state index in [4.69, 9.17) is 4.74 Å². The minimum absolute atomic E-state index is 0.0257. The molecule has 1 aliphatic rings. The normalized spacial score (nSPS) is 19.8. The number of ether oxygens (including phenoxy) is 1. The molecule has 0 aliphatic carbocycles. The zero-order valence-corrected chi connectivity index (χ0v) is 13.6. The molecule has 0 bridgehead atoms. The van der Waals surface area contributed by atoms with E-state index in [0.29, 0.717) is 22.7 Å². The van der Waals surface area contributed by atoms with Crippen LogP contribution >= 0.6 is 0 Å². The highest BCUT2D eigenvalue weighted by Gasteiger charge is 2.47. The highest BCUT2D eigenvalue weighted by Crippen LogP contribution is 2.39. The van der Waals surface area contributed by atoms with Gasteiger partial charge >= 0.3 is 11.9 Å². The summed E-state index contributed by atoms with van der Waals surface area (Å²) >= 11 is 0. The molecule has 24 heavy (non-hydrogen) atoms. The van der Waals surface area contributed by atoms with Crippen LogP contribution in [0.15, 0.2) is 30.5 Å². The van der Waals surface area contributed by atoms with Gasteiger partial charge in [-0.25, -0.2) is 4.68 Å². The van der Waals surface area contributed by atoms with Crippen molar-refractivity contribution < 1.29 is 14.5 Å². The summed E-state index contributed by atoms with van der Waals surface area (Å²) in [7, 11) is 1.55. The van der Waals surface area contributed by atoms with Crippen LogP contribution in [0.5, 0.6) is 5.75 Å². The second kappa shape index (κ2) is 5.95. The Hall–Kier alpha value is -2.90. The molecule has 1 aromatic heterocycles. The number of hydrogen-bond donors (Lipinski definition) is 1. The number of carbonyl (C=O) groups excluding carboxylic acids is 1. The third-order valence-corrected chi connectivity index (χ3v) is 4.18. The predicted molar refractivity (Wildman–Crippen MR) is 86.9 cm³/mol. The Morgan fingerprint density at radius 2 is 2.00 bits per heavy atom. The van der Waals surface area contributed by atoms with Crippen molar-refractivity contribution in [3.8, 4) is 5.75 Å². The lowest BCUT2D eigenvalue weighted by molar-refractivity contribution is -0.509. The van der Waals surface area contributed by atoms with E-state index < -0.39 is 22.8 Å². The van der Waals surface area contributed by atoms with E-state index in [1.54, 1.807) is 42.3 Å². The molecule has 1 aromatic carbocycles. The number of aromatic nitrogens is 2. The molecular weight excluding hydrogens is 312 g/mol. The number of nitro groups is 1. The van der Waals surface area contributed by atoms with Crippen LogP contribution in [-0.4, -0.2) is 33.8 Å². The van der Waals surface area contributed by atoms with Gasteiger partial charge in [0.25, 0.3) is 0 Å². The molecule has 0 spiro atoms. The van der Waals surface area contributed by atoms with Crippen LogP contribution in [0.3, 0.4) is 0 Å². The number of fused-ring (bicyclic) bond motifs is 1. The fraction of sp³-hybridized carbons (Fsp3) is 0.375. The Morgan fingerprint density at radius 1 is 1.33 bits per heavy atom. The largest absolute Gasteiger partial charge is 0.497 e. The molecule has 2 aromatic rings. The van der Waals surface area contributed by atoms with Crippen molar-refractivity contribution >= 4 is 11.7 Å². The Bertz CT molecular complexity index is 782. The first-order valence-corrected chi connectivity index (χ1v) is 7.59. The summed E-state index contributed by atoms with van der Waals surface area (Å²) in [6.07, 6.45) is 1.60. The maximum absolute atomic E-state index is 12.4. The zero-order valence-electron chi connectivity index (χ0n) is 13.6. The second-order valence-corrected chi connectivity index (χ2v) is 5.96. The van der Waals surface area contributed by atoms with Crippen LogP contribution in [0.25, 0.3) is 0 Å². The van der Waals surface area contributed by atoms with Crippen LogP contribution in [0.1, 0.15) is 36.9 Å². The van der Waals surface area contributed by atoms with Crippen molar-refractivity contribution in [2.45, 2.75) is 31.8 Å². The molecule has 0 saturated heterocycles. The first-order chi connectivity index (χ1) is 11.4. The number of benzene rings is 1. The van der Waals surface area contributed by atoms with E-state index in [0.717, 1.165) is 0 Å². The molecule has 0 unspecified atom stereocenters. The molecule has 0 radical (unpaired) electrons. The Kier molecular flexibility index (Phi) is 3.96. The summed E-state index contributed by atoms with van der Waals surface area (Å²) in [5.74, 6) is -0.151. The molecule has 0 saturated carbocycles. The van der Waals surface area contributed by atoms with Gasteiger partial charge in [0.15, 0.2) is 0 Å². The molecule has 2 atom stereocenters. The van der Waals surface area contributed by atoms with Gasteiger partial charge in [0.05, 0.1) is 19.2 Å². The molecule has 0 fully saturated rings. The van der Waals surface area contributed by atoms with Gasteiger partial charge < -0.3 is 10.1 Å². The minimum Gasteiger partial charge on any atom is -0.497 e. The lowest BCUT2D eigenvalue weighted by Gasteiger charge is -2.27. The molecule has 1 aliphatic heterocycles. The summed E-state index contributed by atoms with van der Waals surface area (Å²) in [5, 5.41) is 18.4. The third kappa shape index (κ3) is 2.49. The molecule has 1 amide bonds. The van der Waals surface area contributed by atoms with Gasteiger partial charge in [0.2, 0.25) is 0 Å². The maximum atomic E-state index is 12.4. The van der Waals surface area contributed by atoms with Crippen molar-refractivity contribution in [2.24, 2.45) is 0 Å². The summed E-state index contributed by atoms with van der Waals surface area (Å²) in [5.41, 5.74) is 1.33. The minimum atomic E-state index is -1.39. The predicted octanol–water partition coefficient (Wildman–Crippen LogP) is 2.20. The first-order valence-electron chi connectivity index (χ1n) is 7.59. The van der Waals surface area contributed by atoms with E-state index >= 15 is 0 Å². The molecule has 3 rings (SSSR count). The van der Waals surface area contributed by atoms with Gasteiger partial charge in [-0.1, -0.05) is 12.1 Å². The van der Waals surface area contributed by atoms with Gasteiger partial charge in [0.1, 0.15) is 11.6 Å². The average Bonchev–Trinajstić information content (AvgIpc) is 2.97. The Morgan fingerprint density at radius 3 is 2.54 bits per heavy atom.